The van der Waals surface area contributed by atoms with Crippen LogP contribution < -0.4 is 5.32 Å². The molecule has 18 heavy (non-hydrogen) atoms. The van der Waals surface area contributed by atoms with Crippen LogP contribution in [0.15, 0.2) is 28.7 Å². The number of nitrogens with zero attached hydrogens (tertiary/aromatic N) is 1. The van der Waals surface area contributed by atoms with Gasteiger partial charge >= 0.3 is 0 Å². The van der Waals surface area contributed by atoms with E-state index in [2.05, 4.69) is 64.3 Å². The Morgan fingerprint density at radius 2 is 2.28 bits per heavy atom. The van der Waals surface area contributed by atoms with E-state index in [4.69, 9.17) is 0 Å². The minimum Gasteiger partial charge on any atom is -0.313 e. The fourth-order valence-electron chi connectivity index (χ4n) is 2.58. The lowest BCUT2D eigenvalue weighted by atomic mass is 10.1. The molecule has 1 saturated heterocycles. The number of benzene rings is 1. The Kier molecular flexibility index (Phi) is 5.22. The molecule has 1 aromatic rings. The molecule has 1 fully saturated rings. The SMILES string of the molecule is CC(C)NCC1CCCN1Cc1cccc(Br)c1. The topological polar surface area (TPSA) is 15.3 Å². The van der Waals surface area contributed by atoms with Gasteiger partial charge < -0.3 is 5.32 Å². The number of hydrogen-bond acceptors (Lipinski definition) is 2. The summed E-state index contributed by atoms with van der Waals surface area (Å²) in [6.07, 6.45) is 2.66. The third-order valence-electron chi connectivity index (χ3n) is 3.54. The second kappa shape index (κ2) is 6.69. The molecule has 0 aliphatic carbocycles. The van der Waals surface area contributed by atoms with Crippen LogP contribution in [0, 0.1) is 0 Å². The monoisotopic (exact) mass is 310 g/mol. The fraction of sp³-hybridized carbons (Fsp3) is 0.600. The lowest BCUT2D eigenvalue weighted by Gasteiger charge is -2.25. The largest absolute Gasteiger partial charge is 0.313 e. The first-order valence-corrected chi connectivity index (χ1v) is 7.66. The van der Waals surface area contributed by atoms with Gasteiger partial charge in [0.1, 0.15) is 0 Å². The minimum absolute atomic E-state index is 0.582. The highest BCUT2D eigenvalue weighted by molar-refractivity contribution is 9.10. The van der Waals surface area contributed by atoms with E-state index in [0.29, 0.717) is 12.1 Å². The predicted octanol–water partition coefficient (Wildman–Crippen LogP) is 3.41. The summed E-state index contributed by atoms with van der Waals surface area (Å²) < 4.78 is 1.18. The maximum Gasteiger partial charge on any atom is 0.0237 e. The predicted molar refractivity (Wildman–Crippen MR) is 80.7 cm³/mol. The summed E-state index contributed by atoms with van der Waals surface area (Å²) in [5, 5.41) is 3.56. The van der Waals surface area contributed by atoms with Crippen molar-refractivity contribution in [1.29, 1.82) is 0 Å². The van der Waals surface area contributed by atoms with Crippen molar-refractivity contribution in [3.05, 3.63) is 34.3 Å². The summed E-state index contributed by atoms with van der Waals surface area (Å²) in [4.78, 5) is 2.61. The first-order chi connectivity index (χ1) is 8.65. The van der Waals surface area contributed by atoms with Gasteiger partial charge in [-0.3, -0.25) is 4.90 Å². The van der Waals surface area contributed by atoms with Crippen molar-refractivity contribution in [3.8, 4) is 0 Å². The lowest BCUT2D eigenvalue weighted by molar-refractivity contribution is 0.236. The van der Waals surface area contributed by atoms with E-state index in [0.717, 1.165) is 13.1 Å². The molecular formula is C15H23BrN2. The average Bonchev–Trinajstić information content (AvgIpc) is 2.74. The molecule has 1 aliphatic heterocycles. The Morgan fingerprint density at radius 3 is 3.00 bits per heavy atom. The van der Waals surface area contributed by atoms with Crippen LogP contribution in [0.4, 0.5) is 0 Å². The molecule has 1 unspecified atom stereocenters. The molecule has 1 aliphatic rings. The fourth-order valence-corrected chi connectivity index (χ4v) is 3.02. The van der Waals surface area contributed by atoms with E-state index in [1.54, 1.807) is 0 Å². The van der Waals surface area contributed by atoms with Gasteiger partial charge in [-0.1, -0.05) is 41.9 Å². The average molecular weight is 311 g/mol. The highest BCUT2D eigenvalue weighted by atomic mass is 79.9. The number of rotatable bonds is 5. The molecule has 100 valence electrons. The van der Waals surface area contributed by atoms with Crippen molar-refractivity contribution < 1.29 is 0 Å². The molecule has 1 N–H and O–H groups in total. The Balaban J connectivity index is 1.91. The standard InChI is InChI=1S/C15H23BrN2/c1-12(2)17-10-15-7-4-8-18(15)11-13-5-3-6-14(16)9-13/h3,5-6,9,12,15,17H,4,7-8,10-11H2,1-2H3. The molecule has 0 amide bonds. The van der Waals surface area contributed by atoms with Crippen molar-refractivity contribution in [2.24, 2.45) is 0 Å². The molecular weight excluding hydrogens is 288 g/mol. The second-order valence-corrected chi connectivity index (χ2v) is 6.38. The van der Waals surface area contributed by atoms with Crippen LogP contribution in [0.3, 0.4) is 0 Å². The Hall–Kier alpha value is -0.380. The van der Waals surface area contributed by atoms with Gasteiger partial charge in [-0.2, -0.15) is 0 Å². The zero-order valence-corrected chi connectivity index (χ0v) is 12.9. The van der Waals surface area contributed by atoms with E-state index >= 15 is 0 Å². The van der Waals surface area contributed by atoms with Gasteiger partial charge in [-0.25, -0.2) is 0 Å². The molecule has 0 radical (unpaired) electrons. The van der Waals surface area contributed by atoms with Gasteiger partial charge in [-0.15, -0.1) is 0 Å². The zero-order valence-electron chi connectivity index (χ0n) is 11.3. The van der Waals surface area contributed by atoms with Crippen LogP contribution in [0.1, 0.15) is 32.3 Å². The second-order valence-electron chi connectivity index (χ2n) is 5.46. The summed E-state index contributed by atoms with van der Waals surface area (Å²) in [5.41, 5.74) is 1.40. The van der Waals surface area contributed by atoms with E-state index < -0.39 is 0 Å². The third-order valence-corrected chi connectivity index (χ3v) is 4.03. The smallest absolute Gasteiger partial charge is 0.0237 e. The summed E-state index contributed by atoms with van der Waals surface area (Å²) in [7, 11) is 0. The molecule has 1 aromatic carbocycles. The van der Waals surface area contributed by atoms with Gasteiger partial charge in [0.25, 0.3) is 0 Å². The van der Waals surface area contributed by atoms with Gasteiger partial charge in [0.05, 0.1) is 0 Å². The maximum absolute atomic E-state index is 3.56. The molecule has 0 saturated carbocycles. The summed E-state index contributed by atoms with van der Waals surface area (Å²) in [5.74, 6) is 0. The molecule has 0 bridgehead atoms. The van der Waals surface area contributed by atoms with Gasteiger partial charge in [0.2, 0.25) is 0 Å². The van der Waals surface area contributed by atoms with Crippen molar-refractivity contribution in [2.75, 3.05) is 13.1 Å². The number of likely N-dealkylation sites (tertiary alicyclic amines) is 1. The molecule has 0 aromatic heterocycles. The van der Waals surface area contributed by atoms with Gasteiger partial charge in [0.15, 0.2) is 0 Å². The zero-order chi connectivity index (χ0) is 13.0. The van der Waals surface area contributed by atoms with Crippen LogP contribution in [-0.4, -0.2) is 30.1 Å². The molecule has 1 atom stereocenters. The third kappa shape index (κ3) is 4.08. The highest BCUT2D eigenvalue weighted by Crippen LogP contribution is 2.21. The Bertz CT molecular complexity index is 379. The molecule has 0 spiro atoms. The molecule has 2 nitrogen and oxygen atoms in total. The molecule has 1 heterocycles. The molecule has 2 rings (SSSR count). The highest BCUT2D eigenvalue weighted by Gasteiger charge is 2.24. The maximum atomic E-state index is 3.56. The number of hydrogen-bond donors (Lipinski definition) is 1. The van der Waals surface area contributed by atoms with E-state index in [9.17, 15) is 0 Å². The quantitative estimate of drug-likeness (QED) is 0.896. The first-order valence-electron chi connectivity index (χ1n) is 6.87. The van der Waals surface area contributed by atoms with Gasteiger partial charge in [-0.05, 0) is 37.1 Å². The summed E-state index contributed by atoms with van der Waals surface area (Å²) >= 11 is 3.55. The van der Waals surface area contributed by atoms with E-state index in [1.165, 1.54) is 29.4 Å². The van der Waals surface area contributed by atoms with Crippen molar-refractivity contribution in [3.63, 3.8) is 0 Å². The van der Waals surface area contributed by atoms with Crippen LogP contribution in [-0.2, 0) is 6.54 Å². The summed E-state index contributed by atoms with van der Waals surface area (Å²) in [6, 6.07) is 9.94. The van der Waals surface area contributed by atoms with Gasteiger partial charge in [0, 0.05) is 29.6 Å². The van der Waals surface area contributed by atoms with Crippen molar-refractivity contribution >= 4 is 15.9 Å². The van der Waals surface area contributed by atoms with Crippen LogP contribution >= 0.6 is 15.9 Å². The normalized spacial score (nSPS) is 20.8. The summed E-state index contributed by atoms with van der Waals surface area (Å²) in [6.45, 7) is 7.85. The van der Waals surface area contributed by atoms with E-state index in [-0.39, 0.29) is 0 Å². The van der Waals surface area contributed by atoms with Crippen molar-refractivity contribution in [1.82, 2.24) is 10.2 Å². The first kappa shape index (κ1) is 14.0. The number of halogens is 1. The van der Waals surface area contributed by atoms with Crippen LogP contribution in [0.2, 0.25) is 0 Å². The Morgan fingerprint density at radius 1 is 1.44 bits per heavy atom. The lowest BCUT2D eigenvalue weighted by Crippen LogP contribution is -2.39. The van der Waals surface area contributed by atoms with Crippen LogP contribution in [0.5, 0.6) is 0 Å². The van der Waals surface area contributed by atoms with Crippen LogP contribution in [0.25, 0.3) is 0 Å². The number of nitrogens with one attached hydrogen (secondary N) is 1. The molecule has 3 heteroatoms. The Labute approximate surface area is 119 Å². The van der Waals surface area contributed by atoms with E-state index in [1.807, 2.05) is 0 Å². The minimum atomic E-state index is 0.582. The van der Waals surface area contributed by atoms with Crippen molar-refractivity contribution in [2.45, 2.75) is 45.3 Å².